The first-order valence-electron chi connectivity index (χ1n) is 9.14. The number of thioether (sulfide) groups is 1. The largest absolute Gasteiger partial charge is 0.383 e. The molecule has 1 amide bonds. The molecule has 3 N–H and O–H groups in total. The summed E-state index contributed by atoms with van der Waals surface area (Å²) in [5, 5.41) is 3.60. The minimum absolute atomic E-state index is 0.0993. The van der Waals surface area contributed by atoms with Gasteiger partial charge in [0.15, 0.2) is 5.16 Å². The molecule has 150 valence electrons. The number of pyridine rings is 1. The van der Waals surface area contributed by atoms with Crippen molar-refractivity contribution in [3.8, 4) is 22.4 Å². The van der Waals surface area contributed by atoms with Crippen molar-refractivity contribution in [2.24, 2.45) is 0 Å². The highest BCUT2D eigenvalue weighted by molar-refractivity contribution is 7.98. The van der Waals surface area contributed by atoms with Crippen LogP contribution in [0, 0.1) is 0 Å². The Bertz CT molecular complexity index is 1010. The highest BCUT2D eigenvalue weighted by Gasteiger charge is 2.11. The van der Waals surface area contributed by atoms with Gasteiger partial charge in [0.1, 0.15) is 5.82 Å². The molecule has 0 aliphatic heterocycles. The topological polar surface area (TPSA) is 97.0 Å². The lowest BCUT2D eigenvalue weighted by molar-refractivity contribution is 0.0951. The molecular weight excluding hydrogens is 384 g/mol. The second-order valence-electron chi connectivity index (χ2n) is 6.73. The van der Waals surface area contributed by atoms with Crippen molar-refractivity contribution >= 4 is 23.5 Å². The van der Waals surface area contributed by atoms with Crippen LogP contribution in [0.15, 0.2) is 53.9 Å². The number of carbonyl (C=O) groups excluding carboxylic acids is 1. The monoisotopic (exact) mass is 408 g/mol. The fraction of sp³-hybridized carbons (Fsp3) is 0.238. The molecule has 0 fully saturated rings. The second-order valence-corrected chi connectivity index (χ2v) is 7.50. The Hall–Kier alpha value is -2.97. The molecule has 0 saturated heterocycles. The van der Waals surface area contributed by atoms with Gasteiger partial charge < -0.3 is 16.0 Å². The number of amides is 1. The molecular formula is C21H24N6OS. The summed E-state index contributed by atoms with van der Waals surface area (Å²) in [6, 6.07) is 11.2. The first kappa shape index (κ1) is 20.8. The van der Waals surface area contributed by atoms with E-state index in [0.29, 0.717) is 28.8 Å². The number of nitrogens with one attached hydrogen (secondary N) is 1. The summed E-state index contributed by atoms with van der Waals surface area (Å²) >= 11 is 1.47. The van der Waals surface area contributed by atoms with E-state index in [1.54, 1.807) is 18.5 Å². The maximum atomic E-state index is 12.4. The number of nitrogens with two attached hydrogens (primary N) is 1. The molecule has 0 unspecified atom stereocenters. The number of hydrogen-bond acceptors (Lipinski definition) is 7. The lowest BCUT2D eigenvalue weighted by Gasteiger charge is -2.11. The Balaban J connectivity index is 1.88. The summed E-state index contributed by atoms with van der Waals surface area (Å²) in [7, 11) is 3.94. The van der Waals surface area contributed by atoms with Crippen LogP contribution in [0.5, 0.6) is 0 Å². The molecule has 0 atom stereocenters. The normalized spacial score (nSPS) is 10.9. The van der Waals surface area contributed by atoms with Crippen molar-refractivity contribution in [1.82, 2.24) is 25.2 Å². The van der Waals surface area contributed by atoms with Gasteiger partial charge in [-0.1, -0.05) is 23.9 Å². The molecule has 0 aliphatic rings. The van der Waals surface area contributed by atoms with Crippen molar-refractivity contribution in [1.29, 1.82) is 0 Å². The van der Waals surface area contributed by atoms with Crippen molar-refractivity contribution in [3.63, 3.8) is 0 Å². The summed E-state index contributed by atoms with van der Waals surface area (Å²) in [6.45, 7) is 1.38. The van der Waals surface area contributed by atoms with Crippen LogP contribution in [-0.2, 0) is 0 Å². The smallest absolute Gasteiger partial charge is 0.251 e. The molecule has 0 bridgehead atoms. The van der Waals surface area contributed by atoms with E-state index in [1.165, 1.54) is 11.8 Å². The predicted molar refractivity (Wildman–Crippen MR) is 118 cm³/mol. The first-order chi connectivity index (χ1) is 14.0. The van der Waals surface area contributed by atoms with Crippen LogP contribution in [0.3, 0.4) is 0 Å². The van der Waals surface area contributed by atoms with Crippen LogP contribution in [0.4, 0.5) is 5.82 Å². The van der Waals surface area contributed by atoms with E-state index in [-0.39, 0.29) is 5.91 Å². The van der Waals surface area contributed by atoms with Crippen LogP contribution in [0.25, 0.3) is 22.4 Å². The summed E-state index contributed by atoms with van der Waals surface area (Å²) in [5.74, 6) is 0.301. The van der Waals surface area contributed by atoms with E-state index < -0.39 is 0 Å². The number of aromatic nitrogens is 3. The van der Waals surface area contributed by atoms with Gasteiger partial charge in [-0.25, -0.2) is 15.0 Å². The van der Waals surface area contributed by atoms with Crippen LogP contribution in [-0.4, -0.2) is 59.2 Å². The number of likely N-dealkylation sites (N-methyl/N-ethyl adjacent to an activating group) is 1. The van der Waals surface area contributed by atoms with Gasteiger partial charge in [0.2, 0.25) is 0 Å². The zero-order chi connectivity index (χ0) is 20.8. The summed E-state index contributed by atoms with van der Waals surface area (Å²) in [4.78, 5) is 27.5. The van der Waals surface area contributed by atoms with Gasteiger partial charge in [-0.05, 0) is 50.2 Å². The zero-order valence-electron chi connectivity index (χ0n) is 16.7. The lowest BCUT2D eigenvalue weighted by atomic mass is 10.0. The Labute approximate surface area is 174 Å². The average molecular weight is 409 g/mol. The third kappa shape index (κ3) is 5.30. The number of hydrogen-bond donors (Lipinski definition) is 2. The van der Waals surface area contributed by atoms with Crippen LogP contribution < -0.4 is 11.1 Å². The highest BCUT2D eigenvalue weighted by atomic mass is 32.2. The fourth-order valence-corrected chi connectivity index (χ4v) is 3.12. The number of carbonyl (C=O) groups is 1. The van der Waals surface area contributed by atoms with Crippen LogP contribution in [0.2, 0.25) is 0 Å². The van der Waals surface area contributed by atoms with E-state index >= 15 is 0 Å². The van der Waals surface area contributed by atoms with Gasteiger partial charge in [0, 0.05) is 42.2 Å². The van der Waals surface area contributed by atoms with Gasteiger partial charge in [-0.15, -0.1) is 0 Å². The Morgan fingerprint density at radius 3 is 2.76 bits per heavy atom. The molecule has 0 radical (unpaired) electrons. The van der Waals surface area contributed by atoms with Crippen molar-refractivity contribution < 1.29 is 4.79 Å². The SMILES string of the molecule is CSc1nccc(-c2cc(-c3cccc(C(=O)NCCN(C)C)c3)cnc2N)n1. The summed E-state index contributed by atoms with van der Waals surface area (Å²) in [6.07, 6.45) is 5.34. The van der Waals surface area contributed by atoms with Gasteiger partial charge >= 0.3 is 0 Å². The molecule has 8 heteroatoms. The number of benzene rings is 1. The van der Waals surface area contributed by atoms with Gasteiger partial charge in [0.25, 0.3) is 5.91 Å². The number of nitrogens with zero attached hydrogens (tertiary/aromatic N) is 4. The minimum Gasteiger partial charge on any atom is -0.383 e. The van der Waals surface area contributed by atoms with Gasteiger partial charge in [-0.3, -0.25) is 4.79 Å². The molecule has 1 aromatic carbocycles. The van der Waals surface area contributed by atoms with E-state index in [0.717, 1.165) is 23.2 Å². The molecule has 0 saturated carbocycles. The van der Waals surface area contributed by atoms with E-state index in [1.807, 2.05) is 55.6 Å². The molecule has 0 spiro atoms. The molecule has 0 aliphatic carbocycles. The van der Waals surface area contributed by atoms with Crippen LogP contribution in [0.1, 0.15) is 10.4 Å². The van der Waals surface area contributed by atoms with Crippen molar-refractivity contribution in [3.05, 3.63) is 54.4 Å². The van der Waals surface area contributed by atoms with Crippen molar-refractivity contribution in [2.45, 2.75) is 5.16 Å². The molecule has 29 heavy (non-hydrogen) atoms. The Morgan fingerprint density at radius 2 is 2.00 bits per heavy atom. The second kappa shape index (κ2) is 9.49. The summed E-state index contributed by atoms with van der Waals surface area (Å²) in [5.41, 5.74) is 9.91. The highest BCUT2D eigenvalue weighted by Crippen LogP contribution is 2.29. The van der Waals surface area contributed by atoms with Crippen LogP contribution >= 0.6 is 11.8 Å². The molecule has 2 heterocycles. The Morgan fingerprint density at radius 1 is 1.17 bits per heavy atom. The molecule has 3 rings (SSSR count). The van der Waals surface area contributed by atoms with Crippen molar-refractivity contribution in [2.75, 3.05) is 39.2 Å². The first-order valence-corrected chi connectivity index (χ1v) is 10.4. The maximum absolute atomic E-state index is 12.4. The number of rotatable bonds is 7. The van der Waals surface area contributed by atoms with E-state index in [2.05, 4.69) is 20.3 Å². The molecule has 2 aromatic heterocycles. The third-order valence-corrected chi connectivity index (χ3v) is 4.88. The number of anilines is 1. The Kier molecular flexibility index (Phi) is 6.79. The van der Waals surface area contributed by atoms with Gasteiger partial charge in [-0.2, -0.15) is 0 Å². The lowest BCUT2D eigenvalue weighted by Crippen LogP contribution is -2.31. The predicted octanol–water partition coefficient (Wildman–Crippen LogP) is 2.80. The standard InChI is InChI=1S/C21H24N6OS/c1-27(2)10-9-23-20(28)15-6-4-5-14(11-15)16-12-17(19(22)25-13-16)18-7-8-24-21(26-18)29-3/h4-8,11-13H,9-10H2,1-3H3,(H2,22,25)(H,23,28). The van der Waals surface area contributed by atoms with E-state index in [4.69, 9.17) is 5.73 Å². The number of nitrogen functional groups attached to an aromatic ring is 1. The minimum atomic E-state index is -0.0993. The molecule has 3 aromatic rings. The zero-order valence-corrected chi connectivity index (χ0v) is 17.5. The fourth-order valence-electron chi connectivity index (χ4n) is 2.76. The quantitative estimate of drug-likeness (QED) is 0.458. The third-order valence-electron chi connectivity index (χ3n) is 4.31. The maximum Gasteiger partial charge on any atom is 0.251 e. The summed E-state index contributed by atoms with van der Waals surface area (Å²) < 4.78 is 0. The molecule has 7 nitrogen and oxygen atoms in total. The van der Waals surface area contributed by atoms with E-state index in [9.17, 15) is 4.79 Å². The average Bonchev–Trinajstić information content (AvgIpc) is 2.74. The van der Waals surface area contributed by atoms with Gasteiger partial charge in [0.05, 0.1) is 5.69 Å².